The molecule has 0 unspecified atom stereocenters. The first-order valence-corrected chi connectivity index (χ1v) is 8.55. The van der Waals surface area contributed by atoms with Crippen LogP contribution in [0.2, 0.25) is 0 Å². The molecule has 1 N–H and O–H groups in total. The molecule has 27 heavy (non-hydrogen) atoms. The SMILES string of the molecule is COc1ccc(C)cc1CC(=O)O[C@@H](C)C(=O)Nc1ccc(C(C)=O)cc1. The normalized spacial score (nSPS) is 11.4. The Morgan fingerprint density at radius 3 is 2.33 bits per heavy atom. The second-order valence-corrected chi connectivity index (χ2v) is 6.25. The third kappa shape index (κ3) is 5.67. The van der Waals surface area contributed by atoms with Gasteiger partial charge >= 0.3 is 5.97 Å². The van der Waals surface area contributed by atoms with Gasteiger partial charge in [0.1, 0.15) is 5.75 Å². The number of anilines is 1. The summed E-state index contributed by atoms with van der Waals surface area (Å²) in [6.07, 6.45) is -0.948. The molecule has 142 valence electrons. The number of carbonyl (C=O) groups is 3. The minimum atomic E-state index is -0.958. The third-order valence-electron chi connectivity index (χ3n) is 4.01. The predicted octanol–water partition coefficient (Wildman–Crippen LogP) is 3.32. The lowest BCUT2D eigenvalue weighted by Gasteiger charge is -2.15. The Kier molecular flexibility index (Phi) is 6.71. The van der Waals surface area contributed by atoms with E-state index in [1.807, 2.05) is 19.1 Å². The molecule has 0 aliphatic heterocycles. The van der Waals surface area contributed by atoms with Crippen molar-refractivity contribution < 1.29 is 23.9 Å². The zero-order chi connectivity index (χ0) is 20.0. The zero-order valence-corrected chi connectivity index (χ0v) is 15.9. The number of rotatable bonds is 7. The van der Waals surface area contributed by atoms with Crippen LogP contribution in [0.3, 0.4) is 0 Å². The summed E-state index contributed by atoms with van der Waals surface area (Å²) in [6.45, 7) is 4.89. The van der Waals surface area contributed by atoms with Crippen molar-refractivity contribution in [3.63, 3.8) is 0 Å². The van der Waals surface area contributed by atoms with Crippen LogP contribution < -0.4 is 10.1 Å². The van der Waals surface area contributed by atoms with E-state index in [4.69, 9.17) is 9.47 Å². The molecule has 0 aromatic heterocycles. The van der Waals surface area contributed by atoms with Crippen LogP contribution in [-0.2, 0) is 20.7 Å². The van der Waals surface area contributed by atoms with Gasteiger partial charge in [-0.15, -0.1) is 0 Å². The van der Waals surface area contributed by atoms with Crippen LogP contribution >= 0.6 is 0 Å². The molecule has 6 heteroatoms. The Hall–Kier alpha value is -3.15. The lowest BCUT2D eigenvalue weighted by Crippen LogP contribution is -2.30. The van der Waals surface area contributed by atoms with Gasteiger partial charge in [0, 0.05) is 16.8 Å². The number of amides is 1. The predicted molar refractivity (Wildman–Crippen MR) is 102 cm³/mol. The summed E-state index contributed by atoms with van der Waals surface area (Å²) in [5, 5.41) is 2.66. The van der Waals surface area contributed by atoms with E-state index in [1.165, 1.54) is 21.0 Å². The number of ketones is 1. The third-order valence-corrected chi connectivity index (χ3v) is 4.01. The molecule has 0 fully saturated rings. The van der Waals surface area contributed by atoms with E-state index in [9.17, 15) is 14.4 Å². The number of hydrogen-bond acceptors (Lipinski definition) is 5. The van der Waals surface area contributed by atoms with Crippen molar-refractivity contribution in [1.82, 2.24) is 0 Å². The average molecular weight is 369 g/mol. The Morgan fingerprint density at radius 1 is 1.07 bits per heavy atom. The average Bonchev–Trinajstić information content (AvgIpc) is 2.62. The molecular formula is C21H23NO5. The Bertz CT molecular complexity index is 842. The van der Waals surface area contributed by atoms with Crippen LogP contribution in [0.1, 0.15) is 35.3 Å². The van der Waals surface area contributed by atoms with Crippen LogP contribution in [0.15, 0.2) is 42.5 Å². The highest BCUT2D eigenvalue weighted by molar-refractivity contribution is 5.97. The Labute approximate surface area is 158 Å². The first-order valence-electron chi connectivity index (χ1n) is 8.55. The van der Waals surface area contributed by atoms with Gasteiger partial charge in [-0.3, -0.25) is 14.4 Å². The van der Waals surface area contributed by atoms with E-state index in [0.717, 1.165) is 5.56 Å². The number of aryl methyl sites for hydroxylation is 1. The van der Waals surface area contributed by atoms with Crippen molar-refractivity contribution in [3.05, 3.63) is 59.2 Å². The smallest absolute Gasteiger partial charge is 0.311 e. The van der Waals surface area contributed by atoms with E-state index in [2.05, 4.69) is 5.32 Å². The number of benzene rings is 2. The second kappa shape index (κ2) is 8.98. The van der Waals surface area contributed by atoms with Crippen molar-refractivity contribution in [2.24, 2.45) is 0 Å². The first kappa shape index (κ1) is 20.2. The van der Waals surface area contributed by atoms with Gasteiger partial charge in [0.05, 0.1) is 13.5 Å². The van der Waals surface area contributed by atoms with E-state index >= 15 is 0 Å². The summed E-state index contributed by atoms with van der Waals surface area (Å²) in [6, 6.07) is 12.0. The van der Waals surface area contributed by atoms with E-state index < -0.39 is 18.0 Å². The largest absolute Gasteiger partial charge is 0.496 e. The maximum atomic E-state index is 12.2. The molecule has 1 amide bonds. The molecule has 1 atom stereocenters. The quantitative estimate of drug-likeness (QED) is 0.598. The van der Waals surface area contributed by atoms with Crippen molar-refractivity contribution in [2.45, 2.75) is 33.3 Å². The summed E-state index contributed by atoms with van der Waals surface area (Å²) < 4.78 is 10.5. The Balaban J connectivity index is 1.94. The van der Waals surface area contributed by atoms with Gasteiger partial charge < -0.3 is 14.8 Å². The fraction of sp³-hybridized carbons (Fsp3) is 0.286. The Morgan fingerprint density at radius 2 is 1.74 bits per heavy atom. The van der Waals surface area contributed by atoms with Crippen molar-refractivity contribution in [2.75, 3.05) is 12.4 Å². The molecule has 0 aliphatic rings. The summed E-state index contributed by atoms with van der Waals surface area (Å²) in [5.41, 5.74) is 2.78. The molecule has 6 nitrogen and oxygen atoms in total. The molecule has 0 saturated carbocycles. The molecule has 2 rings (SSSR count). The van der Waals surface area contributed by atoms with Gasteiger partial charge in [-0.05, 0) is 51.1 Å². The number of methoxy groups -OCH3 is 1. The lowest BCUT2D eigenvalue weighted by molar-refractivity contribution is -0.152. The maximum Gasteiger partial charge on any atom is 0.311 e. The van der Waals surface area contributed by atoms with Crippen molar-refractivity contribution >= 4 is 23.3 Å². The van der Waals surface area contributed by atoms with Gasteiger partial charge in [0.25, 0.3) is 5.91 Å². The van der Waals surface area contributed by atoms with Crippen LogP contribution in [0, 0.1) is 6.92 Å². The van der Waals surface area contributed by atoms with Crippen LogP contribution in [-0.4, -0.2) is 30.9 Å². The fourth-order valence-electron chi connectivity index (χ4n) is 2.53. The number of Topliss-reactive ketones (excluding diaryl/α,β-unsaturated/α-hetero) is 1. The molecule has 2 aromatic carbocycles. The standard InChI is InChI=1S/C21H23NO5/c1-13-5-10-19(26-4)17(11-13)12-20(24)27-15(3)21(25)22-18-8-6-16(7-9-18)14(2)23/h5-11,15H,12H2,1-4H3,(H,22,25)/t15-/m0/s1. The highest BCUT2D eigenvalue weighted by atomic mass is 16.5. The molecule has 0 saturated heterocycles. The van der Waals surface area contributed by atoms with E-state index in [1.54, 1.807) is 30.3 Å². The maximum absolute atomic E-state index is 12.2. The minimum Gasteiger partial charge on any atom is -0.496 e. The summed E-state index contributed by atoms with van der Waals surface area (Å²) in [5.74, 6) is -0.425. The van der Waals surface area contributed by atoms with Crippen LogP contribution in [0.25, 0.3) is 0 Å². The molecule has 0 spiro atoms. The van der Waals surface area contributed by atoms with Crippen LogP contribution in [0.4, 0.5) is 5.69 Å². The number of ether oxygens (including phenoxy) is 2. The highest BCUT2D eigenvalue weighted by Gasteiger charge is 2.19. The molecule has 0 aliphatic carbocycles. The zero-order valence-electron chi connectivity index (χ0n) is 15.9. The minimum absolute atomic E-state index is 0.00970. The van der Waals surface area contributed by atoms with Crippen molar-refractivity contribution in [1.29, 1.82) is 0 Å². The molecule has 0 radical (unpaired) electrons. The lowest BCUT2D eigenvalue weighted by atomic mass is 10.1. The summed E-state index contributed by atoms with van der Waals surface area (Å²) in [4.78, 5) is 35.7. The van der Waals surface area contributed by atoms with Crippen molar-refractivity contribution in [3.8, 4) is 5.75 Å². The van der Waals surface area contributed by atoms with Crippen LogP contribution in [0.5, 0.6) is 5.75 Å². The number of nitrogens with one attached hydrogen (secondary N) is 1. The molecule has 0 heterocycles. The summed E-state index contributed by atoms with van der Waals surface area (Å²) >= 11 is 0. The van der Waals surface area contributed by atoms with Gasteiger partial charge in [0.2, 0.25) is 0 Å². The van der Waals surface area contributed by atoms with Gasteiger partial charge in [-0.25, -0.2) is 0 Å². The molecule has 2 aromatic rings. The number of esters is 1. The fourth-order valence-corrected chi connectivity index (χ4v) is 2.53. The second-order valence-electron chi connectivity index (χ2n) is 6.25. The number of hydrogen-bond donors (Lipinski definition) is 1. The monoisotopic (exact) mass is 369 g/mol. The molecular weight excluding hydrogens is 346 g/mol. The van der Waals surface area contributed by atoms with Gasteiger partial charge in [0.15, 0.2) is 11.9 Å². The first-order chi connectivity index (χ1) is 12.8. The van der Waals surface area contributed by atoms with E-state index in [-0.39, 0.29) is 12.2 Å². The molecule has 0 bridgehead atoms. The summed E-state index contributed by atoms with van der Waals surface area (Å²) in [7, 11) is 1.53. The van der Waals surface area contributed by atoms with E-state index in [0.29, 0.717) is 22.6 Å². The van der Waals surface area contributed by atoms with Gasteiger partial charge in [-0.2, -0.15) is 0 Å². The van der Waals surface area contributed by atoms with Gasteiger partial charge in [-0.1, -0.05) is 17.7 Å². The highest BCUT2D eigenvalue weighted by Crippen LogP contribution is 2.20. The number of carbonyl (C=O) groups excluding carboxylic acids is 3. The topological polar surface area (TPSA) is 81.7 Å².